The van der Waals surface area contributed by atoms with E-state index in [1.807, 2.05) is 0 Å². The van der Waals surface area contributed by atoms with Crippen molar-refractivity contribution in [1.29, 1.82) is 0 Å². The molecule has 3 rings (SSSR count). The number of nitrogens with zero attached hydrogens (tertiary/aromatic N) is 1. The second-order valence-corrected chi connectivity index (χ2v) is 5.73. The van der Waals surface area contributed by atoms with Crippen molar-refractivity contribution in [3.05, 3.63) is 70.5 Å². The van der Waals surface area contributed by atoms with Crippen LogP contribution in [-0.2, 0) is 11.2 Å². The highest BCUT2D eigenvalue weighted by atomic mass is 19.1. The van der Waals surface area contributed by atoms with Gasteiger partial charge in [0.25, 0.3) is 11.8 Å². The summed E-state index contributed by atoms with van der Waals surface area (Å²) in [6, 6.07) is 6.95. The molecule has 7 nitrogen and oxygen atoms in total. The molecule has 1 atom stereocenters. The van der Waals surface area contributed by atoms with Crippen molar-refractivity contribution in [3.63, 3.8) is 0 Å². The SMILES string of the molecule is O=C(O)c1ccc2c(c1)C(=O)N([C@H](Cc1ccc(F)cc1)C(=O)O)C2=O. The number of hydrogen-bond acceptors (Lipinski definition) is 4. The van der Waals surface area contributed by atoms with E-state index in [4.69, 9.17) is 5.11 Å². The summed E-state index contributed by atoms with van der Waals surface area (Å²) >= 11 is 0. The van der Waals surface area contributed by atoms with Crippen LogP contribution in [0, 0.1) is 5.82 Å². The number of benzene rings is 2. The zero-order valence-corrected chi connectivity index (χ0v) is 13.2. The first-order valence-electron chi connectivity index (χ1n) is 7.52. The van der Waals surface area contributed by atoms with Crippen molar-refractivity contribution in [1.82, 2.24) is 4.90 Å². The number of hydrogen-bond donors (Lipinski definition) is 2. The van der Waals surface area contributed by atoms with Crippen molar-refractivity contribution < 1.29 is 33.8 Å². The maximum absolute atomic E-state index is 13.0. The molecule has 0 saturated carbocycles. The van der Waals surface area contributed by atoms with E-state index in [0.29, 0.717) is 10.5 Å². The number of amides is 2. The summed E-state index contributed by atoms with van der Waals surface area (Å²) in [5.41, 5.74) is 0.0457. The van der Waals surface area contributed by atoms with Gasteiger partial charge in [-0.2, -0.15) is 0 Å². The Balaban J connectivity index is 1.96. The Morgan fingerprint density at radius 3 is 2.15 bits per heavy atom. The Bertz CT molecular complexity index is 937. The van der Waals surface area contributed by atoms with Crippen molar-refractivity contribution in [2.45, 2.75) is 12.5 Å². The van der Waals surface area contributed by atoms with E-state index in [1.165, 1.54) is 24.3 Å². The number of rotatable bonds is 5. The second-order valence-electron chi connectivity index (χ2n) is 5.73. The first-order chi connectivity index (χ1) is 12.3. The predicted molar refractivity (Wildman–Crippen MR) is 85.4 cm³/mol. The van der Waals surface area contributed by atoms with E-state index >= 15 is 0 Å². The fourth-order valence-corrected chi connectivity index (χ4v) is 2.81. The third-order valence-corrected chi connectivity index (χ3v) is 4.10. The van der Waals surface area contributed by atoms with Gasteiger partial charge in [0, 0.05) is 6.42 Å². The van der Waals surface area contributed by atoms with Crippen molar-refractivity contribution in [2.24, 2.45) is 0 Å². The third-order valence-electron chi connectivity index (χ3n) is 4.10. The lowest BCUT2D eigenvalue weighted by Gasteiger charge is -2.22. The van der Waals surface area contributed by atoms with Gasteiger partial charge in [0.05, 0.1) is 16.7 Å². The van der Waals surface area contributed by atoms with Gasteiger partial charge >= 0.3 is 11.9 Å². The highest BCUT2D eigenvalue weighted by molar-refractivity contribution is 6.23. The van der Waals surface area contributed by atoms with E-state index < -0.39 is 35.6 Å². The Labute approximate surface area is 146 Å². The van der Waals surface area contributed by atoms with Crippen LogP contribution in [0.1, 0.15) is 36.6 Å². The van der Waals surface area contributed by atoms with E-state index in [9.17, 15) is 28.7 Å². The summed E-state index contributed by atoms with van der Waals surface area (Å²) in [6.07, 6.45) is -0.202. The highest BCUT2D eigenvalue weighted by Crippen LogP contribution is 2.27. The minimum absolute atomic E-state index is 0.0506. The maximum Gasteiger partial charge on any atom is 0.335 e. The van der Waals surface area contributed by atoms with Gasteiger partial charge in [0.1, 0.15) is 11.9 Å². The van der Waals surface area contributed by atoms with Gasteiger partial charge < -0.3 is 10.2 Å². The van der Waals surface area contributed by atoms with Crippen LogP contribution in [-0.4, -0.2) is 44.9 Å². The van der Waals surface area contributed by atoms with Gasteiger partial charge in [-0.05, 0) is 35.9 Å². The van der Waals surface area contributed by atoms with Gasteiger partial charge in [-0.3, -0.25) is 14.5 Å². The third kappa shape index (κ3) is 2.92. The van der Waals surface area contributed by atoms with Gasteiger partial charge in [0.2, 0.25) is 0 Å². The standard InChI is InChI=1S/C18H12FNO6/c19-11-4-1-9(2-5-11)7-14(18(25)26)20-15(21)12-6-3-10(17(23)24)8-13(12)16(20)22/h1-6,8,14H,7H2,(H,23,24)(H,25,26)/t14-/m1/s1. The highest BCUT2D eigenvalue weighted by Gasteiger charge is 2.43. The predicted octanol–water partition coefficient (Wildman–Crippen LogP) is 1.82. The van der Waals surface area contributed by atoms with Crippen molar-refractivity contribution >= 4 is 23.8 Å². The number of carboxylic acids is 2. The maximum atomic E-state index is 13.0. The molecule has 2 N–H and O–H groups in total. The second kappa shape index (κ2) is 6.40. The molecule has 26 heavy (non-hydrogen) atoms. The van der Waals surface area contributed by atoms with Crippen LogP contribution in [0.2, 0.25) is 0 Å². The first-order valence-corrected chi connectivity index (χ1v) is 7.52. The number of carbonyl (C=O) groups is 4. The molecule has 1 heterocycles. The molecule has 1 aliphatic heterocycles. The Hall–Kier alpha value is -3.55. The minimum Gasteiger partial charge on any atom is -0.480 e. The number of imide groups is 1. The van der Waals surface area contributed by atoms with Crippen LogP contribution < -0.4 is 0 Å². The number of aliphatic carboxylic acids is 1. The lowest BCUT2D eigenvalue weighted by Crippen LogP contribution is -2.46. The van der Waals surface area contributed by atoms with Crippen LogP contribution >= 0.6 is 0 Å². The summed E-state index contributed by atoms with van der Waals surface area (Å²) in [6.45, 7) is 0. The van der Waals surface area contributed by atoms with E-state index in [1.54, 1.807) is 0 Å². The average Bonchev–Trinajstić information content (AvgIpc) is 2.85. The summed E-state index contributed by atoms with van der Waals surface area (Å²) < 4.78 is 13.0. The van der Waals surface area contributed by atoms with Crippen LogP contribution in [0.5, 0.6) is 0 Å². The molecule has 2 aromatic carbocycles. The van der Waals surface area contributed by atoms with Crippen LogP contribution in [0.25, 0.3) is 0 Å². The summed E-state index contributed by atoms with van der Waals surface area (Å²) in [5.74, 6) is -4.85. The minimum atomic E-state index is -1.50. The van der Waals surface area contributed by atoms with Crippen molar-refractivity contribution in [2.75, 3.05) is 0 Å². The lowest BCUT2D eigenvalue weighted by atomic mass is 10.0. The lowest BCUT2D eigenvalue weighted by molar-refractivity contribution is -0.141. The molecular weight excluding hydrogens is 345 g/mol. The molecule has 1 aliphatic rings. The van der Waals surface area contributed by atoms with Crippen LogP contribution in [0.4, 0.5) is 4.39 Å². The molecule has 2 amide bonds. The van der Waals surface area contributed by atoms with Gasteiger partial charge in [-0.25, -0.2) is 14.0 Å². The van der Waals surface area contributed by atoms with E-state index in [-0.39, 0.29) is 23.1 Å². The molecule has 0 unspecified atom stereocenters. The van der Waals surface area contributed by atoms with Gasteiger partial charge in [0.15, 0.2) is 0 Å². The molecule has 0 radical (unpaired) electrons. The number of carbonyl (C=O) groups excluding carboxylic acids is 2. The average molecular weight is 357 g/mol. The van der Waals surface area contributed by atoms with Gasteiger partial charge in [-0.15, -0.1) is 0 Å². The fraction of sp³-hybridized carbons (Fsp3) is 0.111. The number of fused-ring (bicyclic) bond motifs is 1. The molecule has 0 aromatic heterocycles. The van der Waals surface area contributed by atoms with E-state index in [2.05, 4.69) is 0 Å². The Morgan fingerprint density at radius 1 is 0.962 bits per heavy atom. The number of aromatic carboxylic acids is 1. The molecule has 0 saturated heterocycles. The molecule has 0 spiro atoms. The molecule has 2 aromatic rings. The zero-order valence-electron chi connectivity index (χ0n) is 13.2. The summed E-state index contributed by atoms with van der Waals surface area (Å²) in [7, 11) is 0. The van der Waals surface area contributed by atoms with Gasteiger partial charge in [-0.1, -0.05) is 12.1 Å². The number of halogens is 1. The smallest absolute Gasteiger partial charge is 0.335 e. The molecular formula is C18H12FNO6. The largest absolute Gasteiger partial charge is 0.480 e. The summed E-state index contributed by atoms with van der Waals surface area (Å²) in [5, 5.41) is 18.5. The Kier molecular flexibility index (Phi) is 4.25. The topological polar surface area (TPSA) is 112 Å². The monoisotopic (exact) mass is 357 g/mol. The molecule has 0 bridgehead atoms. The first kappa shape index (κ1) is 17.3. The quantitative estimate of drug-likeness (QED) is 0.790. The van der Waals surface area contributed by atoms with Crippen molar-refractivity contribution in [3.8, 4) is 0 Å². The fourth-order valence-electron chi connectivity index (χ4n) is 2.81. The molecule has 8 heteroatoms. The van der Waals surface area contributed by atoms with Crippen LogP contribution in [0.3, 0.4) is 0 Å². The molecule has 0 fully saturated rings. The summed E-state index contributed by atoms with van der Waals surface area (Å²) in [4.78, 5) is 48.4. The normalized spacial score (nSPS) is 14.3. The molecule has 0 aliphatic carbocycles. The Morgan fingerprint density at radius 2 is 1.58 bits per heavy atom. The van der Waals surface area contributed by atoms with Crippen LogP contribution in [0.15, 0.2) is 42.5 Å². The zero-order chi connectivity index (χ0) is 19.0. The van der Waals surface area contributed by atoms with E-state index in [0.717, 1.165) is 18.2 Å². The number of carboxylic acid groups (broad SMARTS) is 2. The molecule has 132 valence electrons.